The number of hydrogen-bond acceptors (Lipinski definition) is 3. The van der Waals surface area contributed by atoms with E-state index >= 15 is 0 Å². The van der Waals surface area contributed by atoms with Crippen molar-refractivity contribution in [2.24, 2.45) is 7.05 Å². The summed E-state index contributed by atoms with van der Waals surface area (Å²) in [5.41, 5.74) is 6.45. The minimum Gasteiger partial charge on any atom is -0.370 e. The van der Waals surface area contributed by atoms with Gasteiger partial charge in [0.05, 0.1) is 25.5 Å². The summed E-state index contributed by atoms with van der Waals surface area (Å²) < 4.78 is 21.4. The standard InChI is InChI=1S/C24H27FN4O2/c1-16-8-9-21(17(2)12-16)26-24(30)29-11-10-23-19(13-29)22(27-28(23)3)15-31-14-18-6-4-5-7-20(18)25/h4-9,12H,10-11,13-15H2,1-3H3,(H,26,30). The van der Waals surface area contributed by atoms with Crippen LogP contribution in [0.1, 0.15) is 33.6 Å². The van der Waals surface area contributed by atoms with Crippen LogP contribution in [0.25, 0.3) is 0 Å². The molecule has 0 saturated carbocycles. The van der Waals surface area contributed by atoms with Crippen LogP contribution in [-0.4, -0.2) is 27.3 Å². The van der Waals surface area contributed by atoms with E-state index in [2.05, 4.69) is 16.5 Å². The molecule has 1 aliphatic heterocycles. The van der Waals surface area contributed by atoms with E-state index in [4.69, 9.17) is 4.74 Å². The van der Waals surface area contributed by atoms with Crippen LogP contribution in [0.2, 0.25) is 0 Å². The first-order chi connectivity index (χ1) is 14.9. The van der Waals surface area contributed by atoms with Gasteiger partial charge in [-0.3, -0.25) is 4.68 Å². The molecule has 2 aromatic carbocycles. The molecule has 6 nitrogen and oxygen atoms in total. The molecule has 1 aliphatic rings. The van der Waals surface area contributed by atoms with Crippen LogP contribution >= 0.6 is 0 Å². The molecule has 2 amide bonds. The number of carbonyl (C=O) groups is 1. The Bertz CT molecular complexity index is 1110. The van der Waals surface area contributed by atoms with Crippen molar-refractivity contribution in [2.45, 2.75) is 40.0 Å². The molecule has 0 unspecified atom stereocenters. The van der Waals surface area contributed by atoms with Gasteiger partial charge >= 0.3 is 6.03 Å². The molecule has 0 aliphatic carbocycles. The van der Waals surface area contributed by atoms with Gasteiger partial charge in [-0.15, -0.1) is 0 Å². The van der Waals surface area contributed by atoms with Crippen molar-refractivity contribution in [2.75, 3.05) is 11.9 Å². The number of aromatic nitrogens is 2. The zero-order valence-electron chi connectivity index (χ0n) is 18.1. The van der Waals surface area contributed by atoms with Gasteiger partial charge in [0.1, 0.15) is 5.82 Å². The average Bonchev–Trinajstić information content (AvgIpc) is 3.06. The van der Waals surface area contributed by atoms with Gasteiger partial charge in [-0.05, 0) is 31.5 Å². The van der Waals surface area contributed by atoms with E-state index in [-0.39, 0.29) is 25.1 Å². The Morgan fingerprint density at radius 2 is 2.00 bits per heavy atom. The first kappa shape index (κ1) is 21.1. The highest BCUT2D eigenvalue weighted by molar-refractivity contribution is 5.90. The van der Waals surface area contributed by atoms with Crippen molar-refractivity contribution < 1.29 is 13.9 Å². The van der Waals surface area contributed by atoms with Gasteiger partial charge in [0, 0.05) is 42.5 Å². The fourth-order valence-corrected chi connectivity index (χ4v) is 3.98. The second-order valence-corrected chi connectivity index (χ2v) is 8.00. The van der Waals surface area contributed by atoms with Crippen LogP contribution in [0.3, 0.4) is 0 Å². The van der Waals surface area contributed by atoms with Crippen LogP contribution < -0.4 is 5.32 Å². The number of benzene rings is 2. The van der Waals surface area contributed by atoms with Crippen LogP contribution in [0.4, 0.5) is 14.9 Å². The minimum atomic E-state index is -0.278. The smallest absolute Gasteiger partial charge is 0.322 e. The predicted octanol–water partition coefficient (Wildman–Crippen LogP) is 4.48. The number of hydrogen-bond donors (Lipinski definition) is 1. The molecule has 2 heterocycles. The Morgan fingerprint density at radius 1 is 1.19 bits per heavy atom. The number of rotatable bonds is 5. The van der Waals surface area contributed by atoms with Crippen molar-refractivity contribution in [1.82, 2.24) is 14.7 Å². The van der Waals surface area contributed by atoms with E-state index in [0.717, 1.165) is 40.2 Å². The van der Waals surface area contributed by atoms with Gasteiger partial charge in [0.15, 0.2) is 0 Å². The Hall–Kier alpha value is -3.19. The molecule has 31 heavy (non-hydrogen) atoms. The van der Waals surface area contributed by atoms with Crippen molar-refractivity contribution in [3.05, 3.63) is 81.9 Å². The normalized spacial score (nSPS) is 13.2. The van der Waals surface area contributed by atoms with E-state index in [0.29, 0.717) is 18.7 Å². The summed E-state index contributed by atoms with van der Waals surface area (Å²) in [7, 11) is 1.91. The first-order valence-electron chi connectivity index (χ1n) is 10.4. The number of amides is 2. The lowest BCUT2D eigenvalue weighted by Crippen LogP contribution is -2.39. The van der Waals surface area contributed by atoms with Crippen molar-refractivity contribution in [1.29, 1.82) is 0 Å². The molecule has 0 radical (unpaired) electrons. The molecule has 0 fully saturated rings. The Kier molecular flexibility index (Phi) is 6.04. The summed E-state index contributed by atoms with van der Waals surface area (Å²) in [5, 5.41) is 7.61. The first-order valence-corrected chi connectivity index (χ1v) is 10.4. The molecule has 162 valence electrons. The summed E-state index contributed by atoms with van der Waals surface area (Å²) in [5.74, 6) is -0.278. The zero-order chi connectivity index (χ0) is 22.0. The summed E-state index contributed by atoms with van der Waals surface area (Å²) in [6.45, 7) is 5.56. The highest BCUT2D eigenvalue weighted by Crippen LogP contribution is 2.24. The Morgan fingerprint density at radius 3 is 2.77 bits per heavy atom. The van der Waals surface area contributed by atoms with Crippen LogP contribution in [-0.2, 0) is 38.0 Å². The van der Waals surface area contributed by atoms with Crippen LogP contribution in [0.5, 0.6) is 0 Å². The average molecular weight is 423 g/mol. The number of nitrogens with one attached hydrogen (secondary N) is 1. The van der Waals surface area contributed by atoms with Gasteiger partial charge in [-0.1, -0.05) is 35.9 Å². The van der Waals surface area contributed by atoms with E-state index in [1.165, 1.54) is 6.07 Å². The molecule has 0 spiro atoms. The van der Waals surface area contributed by atoms with Gasteiger partial charge in [-0.2, -0.15) is 5.10 Å². The molecule has 1 N–H and O–H groups in total. The molecule has 7 heteroatoms. The van der Waals surface area contributed by atoms with E-state index in [1.54, 1.807) is 23.1 Å². The van der Waals surface area contributed by atoms with Crippen molar-refractivity contribution in [3.8, 4) is 0 Å². The molecule has 0 saturated heterocycles. The molecular formula is C24H27FN4O2. The maximum atomic E-state index is 13.8. The zero-order valence-corrected chi connectivity index (χ0v) is 18.1. The van der Waals surface area contributed by atoms with Crippen LogP contribution in [0, 0.1) is 19.7 Å². The van der Waals surface area contributed by atoms with Crippen LogP contribution in [0.15, 0.2) is 42.5 Å². The monoisotopic (exact) mass is 422 g/mol. The number of aryl methyl sites for hydroxylation is 3. The lowest BCUT2D eigenvalue weighted by molar-refractivity contribution is 0.101. The number of fused-ring (bicyclic) bond motifs is 1. The minimum absolute atomic E-state index is 0.125. The van der Waals surface area contributed by atoms with Crippen molar-refractivity contribution >= 4 is 11.7 Å². The summed E-state index contributed by atoms with van der Waals surface area (Å²) in [6, 6.07) is 12.4. The summed E-state index contributed by atoms with van der Waals surface area (Å²) >= 11 is 0. The largest absolute Gasteiger partial charge is 0.370 e. The number of halogens is 1. The quantitative estimate of drug-likeness (QED) is 0.659. The fraction of sp³-hybridized carbons (Fsp3) is 0.333. The highest BCUT2D eigenvalue weighted by Gasteiger charge is 2.27. The maximum absolute atomic E-state index is 13.8. The second-order valence-electron chi connectivity index (χ2n) is 8.00. The lowest BCUT2D eigenvalue weighted by atomic mass is 10.1. The number of nitrogens with zero attached hydrogens (tertiary/aromatic N) is 3. The number of ether oxygens (including phenoxy) is 1. The van der Waals surface area contributed by atoms with E-state index in [1.807, 2.05) is 37.7 Å². The molecule has 4 rings (SSSR count). The molecule has 1 aromatic heterocycles. The van der Waals surface area contributed by atoms with E-state index in [9.17, 15) is 9.18 Å². The second kappa shape index (κ2) is 8.89. The number of anilines is 1. The topological polar surface area (TPSA) is 59.4 Å². The maximum Gasteiger partial charge on any atom is 0.322 e. The Balaban J connectivity index is 1.43. The third-order valence-electron chi connectivity index (χ3n) is 5.69. The number of urea groups is 1. The van der Waals surface area contributed by atoms with Crippen molar-refractivity contribution in [3.63, 3.8) is 0 Å². The fourth-order valence-electron chi connectivity index (χ4n) is 3.98. The molecular weight excluding hydrogens is 395 g/mol. The summed E-state index contributed by atoms with van der Waals surface area (Å²) in [6.07, 6.45) is 0.729. The molecule has 0 atom stereocenters. The molecule has 3 aromatic rings. The van der Waals surface area contributed by atoms with E-state index < -0.39 is 0 Å². The van der Waals surface area contributed by atoms with Gasteiger partial charge in [0.2, 0.25) is 0 Å². The third-order valence-corrected chi connectivity index (χ3v) is 5.69. The van der Waals surface area contributed by atoms with Gasteiger partial charge in [-0.25, -0.2) is 9.18 Å². The highest BCUT2D eigenvalue weighted by atomic mass is 19.1. The summed E-state index contributed by atoms with van der Waals surface area (Å²) in [4.78, 5) is 14.7. The third kappa shape index (κ3) is 4.61. The lowest BCUT2D eigenvalue weighted by Gasteiger charge is -2.28. The molecule has 0 bridgehead atoms. The Labute approximate surface area is 181 Å². The van der Waals surface area contributed by atoms with Gasteiger partial charge in [0.25, 0.3) is 0 Å². The number of carbonyl (C=O) groups excluding carboxylic acids is 1. The van der Waals surface area contributed by atoms with Gasteiger partial charge < -0.3 is 15.0 Å². The SMILES string of the molecule is Cc1ccc(NC(=O)N2CCc3c(c(COCc4ccccc4F)nn3C)C2)c(C)c1. The predicted molar refractivity (Wildman–Crippen MR) is 117 cm³/mol.